The first-order valence-electron chi connectivity index (χ1n) is 12.2. The van der Waals surface area contributed by atoms with Gasteiger partial charge in [-0.05, 0) is 81.0 Å². The lowest BCUT2D eigenvalue weighted by Gasteiger charge is -2.49. The fraction of sp³-hybridized carbons (Fsp3) is 0.375. The minimum atomic E-state index is 0.0182. The van der Waals surface area contributed by atoms with Crippen LogP contribution in [0, 0.1) is 16.7 Å². The van der Waals surface area contributed by atoms with E-state index in [9.17, 15) is 0 Å². The molecule has 2 aromatic carbocycles. The van der Waals surface area contributed by atoms with Gasteiger partial charge < -0.3 is 0 Å². The number of benzene rings is 2. The van der Waals surface area contributed by atoms with Crippen LogP contribution in [0.25, 0.3) is 22.4 Å². The number of allylic oxidation sites excluding steroid dienone is 7. The minimum absolute atomic E-state index is 0.0182. The van der Waals surface area contributed by atoms with Gasteiger partial charge in [0.15, 0.2) is 0 Å². The Hall–Kier alpha value is -2.60. The first-order valence-corrected chi connectivity index (χ1v) is 12.2. The van der Waals surface area contributed by atoms with E-state index in [0.717, 1.165) is 24.8 Å². The van der Waals surface area contributed by atoms with Gasteiger partial charge in [0.05, 0.1) is 0 Å². The molecule has 2 aromatic rings. The van der Waals surface area contributed by atoms with Gasteiger partial charge in [0.1, 0.15) is 0 Å². The standard InChI is InChI=1S/C32H40/c1-8-11-13-16-24(4)30-28-23-26-18-15-14-17-25(26)22-27(28)19-20-29(30)32(7,21-12-9-2)31(5,6)10-3/h8,11-19,21-23,29H,4,9-10,20H2,1-3,5-7H3/b11-8-,16-13-,21-12?. The van der Waals surface area contributed by atoms with E-state index < -0.39 is 0 Å². The molecule has 3 rings (SSSR count). The fourth-order valence-electron chi connectivity index (χ4n) is 5.08. The molecule has 0 nitrogen and oxygen atoms in total. The van der Waals surface area contributed by atoms with Crippen LogP contribution in [0.3, 0.4) is 0 Å². The molecule has 1 aliphatic carbocycles. The highest BCUT2D eigenvalue weighted by Crippen LogP contribution is 2.53. The third-order valence-electron chi connectivity index (χ3n) is 7.84. The Morgan fingerprint density at radius 3 is 2.38 bits per heavy atom. The highest BCUT2D eigenvalue weighted by Gasteiger charge is 2.45. The van der Waals surface area contributed by atoms with Gasteiger partial charge >= 0.3 is 0 Å². The molecule has 0 spiro atoms. The first-order chi connectivity index (χ1) is 15.3. The van der Waals surface area contributed by atoms with Crippen molar-refractivity contribution in [1.29, 1.82) is 0 Å². The lowest BCUT2D eigenvalue weighted by atomic mass is 9.55. The normalized spacial score (nSPS) is 18.9. The summed E-state index contributed by atoms with van der Waals surface area (Å²) in [6.45, 7) is 18.5. The molecule has 0 aliphatic heterocycles. The van der Waals surface area contributed by atoms with Crippen LogP contribution < -0.4 is 10.4 Å². The van der Waals surface area contributed by atoms with Gasteiger partial charge in [0.2, 0.25) is 0 Å². The topological polar surface area (TPSA) is 0 Å². The molecular formula is C32H40. The Balaban J connectivity index is 2.36. The highest BCUT2D eigenvalue weighted by molar-refractivity contribution is 5.85. The Bertz CT molecular complexity index is 1180. The molecular weight excluding hydrogens is 384 g/mol. The molecule has 168 valence electrons. The molecule has 1 aliphatic rings. The summed E-state index contributed by atoms with van der Waals surface area (Å²) in [5.41, 5.74) is 2.70. The second kappa shape index (κ2) is 9.90. The molecule has 0 bridgehead atoms. The third-order valence-corrected chi connectivity index (χ3v) is 7.84. The van der Waals surface area contributed by atoms with Crippen LogP contribution in [0.15, 0.2) is 85.0 Å². The van der Waals surface area contributed by atoms with Crippen molar-refractivity contribution in [3.05, 3.63) is 95.4 Å². The maximum absolute atomic E-state index is 4.59. The van der Waals surface area contributed by atoms with Gasteiger partial charge in [-0.3, -0.25) is 0 Å². The van der Waals surface area contributed by atoms with Gasteiger partial charge in [-0.1, -0.05) is 114 Å². The average Bonchev–Trinajstić information content (AvgIpc) is 2.80. The monoisotopic (exact) mass is 424 g/mol. The largest absolute Gasteiger partial charge is 0.0915 e. The molecule has 0 heterocycles. The van der Waals surface area contributed by atoms with E-state index in [2.05, 4.69) is 127 Å². The van der Waals surface area contributed by atoms with E-state index in [1.807, 2.05) is 0 Å². The molecule has 0 N–H and O–H groups in total. The fourth-order valence-corrected chi connectivity index (χ4v) is 5.08. The van der Waals surface area contributed by atoms with Crippen molar-refractivity contribution in [3.8, 4) is 0 Å². The van der Waals surface area contributed by atoms with Gasteiger partial charge in [-0.25, -0.2) is 0 Å². The number of hydrogen-bond acceptors (Lipinski definition) is 0. The summed E-state index contributed by atoms with van der Waals surface area (Å²) in [5.74, 6) is 0.372. The van der Waals surface area contributed by atoms with Crippen LogP contribution in [0.5, 0.6) is 0 Å². The van der Waals surface area contributed by atoms with Crippen LogP contribution in [-0.2, 0) is 0 Å². The van der Waals surface area contributed by atoms with Crippen LogP contribution >= 0.6 is 0 Å². The maximum Gasteiger partial charge on any atom is -0.00215 e. The van der Waals surface area contributed by atoms with Gasteiger partial charge in [-0.15, -0.1) is 0 Å². The Morgan fingerprint density at radius 1 is 1.06 bits per heavy atom. The maximum atomic E-state index is 4.59. The summed E-state index contributed by atoms with van der Waals surface area (Å²) in [5, 5.41) is 5.28. The second-order valence-corrected chi connectivity index (χ2v) is 9.93. The summed E-state index contributed by atoms with van der Waals surface area (Å²) in [6.07, 6.45) is 19.0. The first kappa shape index (κ1) is 24.1. The van der Waals surface area contributed by atoms with Crippen molar-refractivity contribution >= 4 is 22.4 Å². The third kappa shape index (κ3) is 4.46. The number of hydrogen-bond donors (Lipinski definition) is 0. The summed E-state index contributed by atoms with van der Waals surface area (Å²) >= 11 is 0. The van der Waals surface area contributed by atoms with Crippen LogP contribution in [0.1, 0.15) is 60.8 Å². The minimum Gasteiger partial charge on any atom is -0.0915 e. The highest BCUT2D eigenvalue weighted by atomic mass is 14.5. The predicted octanol–water partition coefficient (Wildman–Crippen LogP) is 7.89. The van der Waals surface area contributed by atoms with Crippen molar-refractivity contribution in [3.63, 3.8) is 0 Å². The zero-order chi connectivity index (χ0) is 23.4. The molecule has 0 heteroatoms. The van der Waals surface area contributed by atoms with Gasteiger partial charge in [0, 0.05) is 0 Å². The second-order valence-electron chi connectivity index (χ2n) is 9.93. The van der Waals surface area contributed by atoms with E-state index >= 15 is 0 Å². The van der Waals surface area contributed by atoms with Crippen LogP contribution in [0.2, 0.25) is 0 Å². The molecule has 0 aromatic heterocycles. The number of fused-ring (bicyclic) bond motifs is 2. The zero-order valence-corrected chi connectivity index (χ0v) is 20.9. The van der Waals surface area contributed by atoms with E-state index in [1.165, 1.54) is 26.8 Å². The number of rotatable bonds is 8. The van der Waals surface area contributed by atoms with Gasteiger partial charge in [-0.2, -0.15) is 0 Å². The Morgan fingerprint density at radius 2 is 1.75 bits per heavy atom. The summed E-state index contributed by atoms with van der Waals surface area (Å²) in [6, 6.07) is 13.4. The zero-order valence-electron chi connectivity index (χ0n) is 20.9. The van der Waals surface area contributed by atoms with Crippen LogP contribution in [-0.4, -0.2) is 0 Å². The molecule has 0 saturated heterocycles. The van der Waals surface area contributed by atoms with Crippen molar-refractivity contribution in [2.24, 2.45) is 16.7 Å². The molecule has 0 radical (unpaired) electrons. The molecule has 0 saturated carbocycles. The Kier molecular flexibility index (Phi) is 7.44. The predicted molar refractivity (Wildman–Crippen MR) is 144 cm³/mol. The smallest absolute Gasteiger partial charge is 0.00215 e. The summed E-state index contributed by atoms with van der Waals surface area (Å²) in [4.78, 5) is 0. The SMILES string of the molecule is C=C(/C=C\C=C/C)C1=c2cc3ccccc3cc2=CCC1C(C)(C=CCC)C(C)(C)CC. The molecule has 0 fully saturated rings. The quantitative estimate of drug-likeness (QED) is 0.298. The van der Waals surface area contributed by atoms with Crippen molar-refractivity contribution in [1.82, 2.24) is 0 Å². The molecule has 2 unspecified atom stereocenters. The van der Waals surface area contributed by atoms with E-state index in [-0.39, 0.29) is 10.8 Å². The van der Waals surface area contributed by atoms with E-state index in [1.54, 1.807) is 0 Å². The van der Waals surface area contributed by atoms with Gasteiger partial charge in [0.25, 0.3) is 0 Å². The molecule has 32 heavy (non-hydrogen) atoms. The molecule has 2 atom stereocenters. The summed E-state index contributed by atoms with van der Waals surface area (Å²) < 4.78 is 0. The molecule has 0 amide bonds. The lowest BCUT2D eigenvalue weighted by Crippen LogP contribution is -2.45. The van der Waals surface area contributed by atoms with Crippen molar-refractivity contribution in [2.75, 3.05) is 0 Å². The average molecular weight is 425 g/mol. The summed E-state index contributed by atoms with van der Waals surface area (Å²) in [7, 11) is 0. The van der Waals surface area contributed by atoms with Crippen molar-refractivity contribution < 1.29 is 0 Å². The van der Waals surface area contributed by atoms with Crippen LogP contribution in [0.4, 0.5) is 0 Å². The Labute approximate surface area is 195 Å². The lowest BCUT2D eigenvalue weighted by molar-refractivity contribution is 0.0950. The van der Waals surface area contributed by atoms with E-state index in [4.69, 9.17) is 0 Å². The van der Waals surface area contributed by atoms with Crippen molar-refractivity contribution in [2.45, 2.75) is 60.8 Å². The van der Waals surface area contributed by atoms with E-state index in [0.29, 0.717) is 5.92 Å².